The first-order chi connectivity index (χ1) is 11.2. The van der Waals surface area contributed by atoms with E-state index in [1.807, 2.05) is 0 Å². The van der Waals surface area contributed by atoms with E-state index in [2.05, 4.69) is 4.98 Å². The lowest BCUT2D eigenvalue weighted by molar-refractivity contribution is 0.0696. The lowest BCUT2D eigenvalue weighted by atomic mass is 10.2. The van der Waals surface area contributed by atoms with Crippen molar-refractivity contribution in [2.24, 2.45) is 21.1 Å². The molecule has 0 saturated carbocycles. The van der Waals surface area contributed by atoms with Crippen LogP contribution in [0.4, 0.5) is 0 Å². The van der Waals surface area contributed by atoms with E-state index in [9.17, 15) is 14.4 Å². The fourth-order valence-corrected chi connectivity index (χ4v) is 2.11. The molecule has 0 atom stereocenters. The number of aromatic carboxylic acids is 1. The zero-order chi connectivity index (χ0) is 18.0. The molecular weight excluding hydrogens is 316 g/mol. The number of phenolic OH excluding ortho intramolecular Hbond substituents is 1. The standard InChI is InChI=1S/C8H10N4O2.C7H6O3/c1-10-4-9-6-5(10)7(13)12(3)8(14)11(6)2;8-6-3-1-2-5(4-6)7(9)10/h4H,1-3H3;1-4,8H,(H,9,10). The highest BCUT2D eigenvalue weighted by molar-refractivity contribution is 5.87. The molecule has 0 amide bonds. The Morgan fingerprint density at radius 3 is 2.33 bits per heavy atom. The summed E-state index contributed by atoms with van der Waals surface area (Å²) in [4.78, 5) is 37.4. The molecule has 126 valence electrons. The topological polar surface area (TPSA) is 119 Å². The van der Waals surface area contributed by atoms with Crippen molar-refractivity contribution >= 4 is 17.1 Å². The highest BCUT2D eigenvalue weighted by Gasteiger charge is 2.11. The third kappa shape index (κ3) is 3.05. The Bertz CT molecular complexity index is 1030. The zero-order valence-electron chi connectivity index (χ0n) is 13.3. The van der Waals surface area contributed by atoms with Gasteiger partial charge in [0.25, 0.3) is 5.56 Å². The van der Waals surface area contributed by atoms with Gasteiger partial charge in [-0.3, -0.25) is 13.9 Å². The molecule has 0 aliphatic rings. The van der Waals surface area contributed by atoms with E-state index >= 15 is 0 Å². The van der Waals surface area contributed by atoms with E-state index in [4.69, 9.17) is 10.2 Å². The molecule has 0 aliphatic heterocycles. The van der Waals surface area contributed by atoms with E-state index in [-0.39, 0.29) is 22.6 Å². The van der Waals surface area contributed by atoms with Crippen molar-refractivity contribution in [2.75, 3.05) is 0 Å². The van der Waals surface area contributed by atoms with Crippen molar-refractivity contribution < 1.29 is 15.0 Å². The smallest absolute Gasteiger partial charge is 0.335 e. The molecule has 24 heavy (non-hydrogen) atoms. The number of aromatic hydroxyl groups is 1. The molecular formula is C15H16N4O5. The van der Waals surface area contributed by atoms with E-state index in [1.165, 1.54) is 42.2 Å². The molecule has 2 heterocycles. The van der Waals surface area contributed by atoms with Gasteiger partial charge in [0.15, 0.2) is 11.2 Å². The van der Waals surface area contributed by atoms with Crippen LogP contribution < -0.4 is 11.2 Å². The highest BCUT2D eigenvalue weighted by Crippen LogP contribution is 2.10. The number of nitrogens with zero attached hydrogens (tertiary/aromatic N) is 4. The molecule has 0 radical (unpaired) electrons. The molecule has 3 rings (SSSR count). The summed E-state index contributed by atoms with van der Waals surface area (Å²) in [6, 6.07) is 5.52. The Labute approximate surface area is 135 Å². The summed E-state index contributed by atoms with van der Waals surface area (Å²) in [6.45, 7) is 0. The van der Waals surface area contributed by atoms with Crippen molar-refractivity contribution in [2.45, 2.75) is 0 Å². The molecule has 9 nitrogen and oxygen atoms in total. The summed E-state index contributed by atoms with van der Waals surface area (Å²) in [7, 11) is 4.77. The number of fused-ring (bicyclic) bond motifs is 1. The lowest BCUT2D eigenvalue weighted by Gasteiger charge is -2.02. The predicted molar refractivity (Wildman–Crippen MR) is 86.3 cm³/mol. The maximum atomic E-state index is 11.7. The predicted octanol–water partition coefficient (Wildman–Crippen LogP) is 0.0611. The second-order valence-electron chi connectivity index (χ2n) is 5.09. The molecule has 2 N–H and O–H groups in total. The number of carbonyl (C=O) groups is 1. The van der Waals surface area contributed by atoms with E-state index in [0.29, 0.717) is 11.2 Å². The van der Waals surface area contributed by atoms with Gasteiger partial charge in [0.1, 0.15) is 5.75 Å². The first-order valence-corrected chi connectivity index (χ1v) is 6.83. The van der Waals surface area contributed by atoms with Gasteiger partial charge in [-0.2, -0.15) is 0 Å². The Morgan fingerprint density at radius 1 is 1.12 bits per heavy atom. The van der Waals surface area contributed by atoms with Crippen LogP contribution in [0.5, 0.6) is 5.75 Å². The van der Waals surface area contributed by atoms with Crippen molar-refractivity contribution in [3.63, 3.8) is 0 Å². The van der Waals surface area contributed by atoms with Crippen LogP contribution in [0.3, 0.4) is 0 Å². The summed E-state index contributed by atoms with van der Waals surface area (Å²) in [5.41, 5.74) is 0.277. The number of benzene rings is 1. The summed E-state index contributed by atoms with van der Waals surface area (Å²) in [5, 5.41) is 17.2. The molecule has 9 heteroatoms. The lowest BCUT2D eigenvalue weighted by Crippen LogP contribution is -2.37. The number of carboxylic acids is 1. The minimum atomic E-state index is -1.03. The molecule has 0 saturated heterocycles. The van der Waals surface area contributed by atoms with Crippen LogP contribution in [0.1, 0.15) is 10.4 Å². The number of hydrogen-bond donors (Lipinski definition) is 2. The number of phenols is 1. The Hall–Kier alpha value is -3.36. The molecule has 2 aromatic heterocycles. The summed E-state index contributed by atoms with van der Waals surface area (Å²) >= 11 is 0. The van der Waals surface area contributed by atoms with Crippen LogP contribution in [0, 0.1) is 0 Å². The minimum absolute atomic E-state index is 0.0279. The van der Waals surface area contributed by atoms with Crippen LogP contribution in [0.25, 0.3) is 11.2 Å². The number of rotatable bonds is 1. The van der Waals surface area contributed by atoms with Gasteiger partial charge < -0.3 is 14.8 Å². The fourth-order valence-electron chi connectivity index (χ4n) is 2.11. The molecule has 0 fully saturated rings. The van der Waals surface area contributed by atoms with Crippen molar-refractivity contribution in [1.82, 2.24) is 18.7 Å². The third-order valence-electron chi connectivity index (χ3n) is 3.41. The second-order valence-corrected chi connectivity index (χ2v) is 5.09. The van der Waals surface area contributed by atoms with Gasteiger partial charge >= 0.3 is 11.7 Å². The third-order valence-corrected chi connectivity index (χ3v) is 3.41. The fraction of sp³-hybridized carbons (Fsp3) is 0.200. The zero-order valence-corrected chi connectivity index (χ0v) is 13.3. The van der Waals surface area contributed by atoms with Crippen LogP contribution in [0.15, 0.2) is 40.2 Å². The first kappa shape index (κ1) is 17.0. The van der Waals surface area contributed by atoms with Crippen LogP contribution in [-0.2, 0) is 21.1 Å². The largest absolute Gasteiger partial charge is 0.508 e. The number of hydrogen-bond acceptors (Lipinski definition) is 5. The molecule has 0 bridgehead atoms. The molecule has 0 spiro atoms. The van der Waals surface area contributed by atoms with Gasteiger partial charge in [0.05, 0.1) is 11.9 Å². The normalized spacial score (nSPS) is 10.3. The van der Waals surface area contributed by atoms with Crippen molar-refractivity contribution in [3.05, 3.63) is 57.0 Å². The average Bonchev–Trinajstić information content (AvgIpc) is 2.93. The van der Waals surface area contributed by atoms with E-state index < -0.39 is 5.97 Å². The summed E-state index contributed by atoms with van der Waals surface area (Å²) in [5.74, 6) is -1.06. The van der Waals surface area contributed by atoms with Crippen molar-refractivity contribution in [1.29, 1.82) is 0 Å². The number of imidazole rings is 1. The number of carboxylic acid groups (broad SMARTS) is 1. The van der Waals surface area contributed by atoms with Gasteiger partial charge in [-0.25, -0.2) is 14.6 Å². The minimum Gasteiger partial charge on any atom is -0.508 e. The highest BCUT2D eigenvalue weighted by atomic mass is 16.4. The Balaban J connectivity index is 0.000000185. The maximum Gasteiger partial charge on any atom is 0.335 e. The monoisotopic (exact) mass is 332 g/mol. The van der Waals surface area contributed by atoms with Crippen molar-refractivity contribution in [3.8, 4) is 5.75 Å². The van der Waals surface area contributed by atoms with E-state index in [1.54, 1.807) is 18.7 Å². The van der Waals surface area contributed by atoms with Gasteiger partial charge in [0.2, 0.25) is 0 Å². The van der Waals surface area contributed by atoms with Crippen LogP contribution in [-0.4, -0.2) is 34.9 Å². The van der Waals surface area contributed by atoms with Crippen LogP contribution in [0.2, 0.25) is 0 Å². The number of aryl methyl sites for hydroxylation is 2. The quantitative estimate of drug-likeness (QED) is 0.650. The average molecular weight is 332 g/mol. The second kappa shape index (κ2) is 6.41. The Morgan fingerprint density at radius 2 is 1.79 bits per heavy atom. The SMILES string of the molecule is Cn1c(=O)c2c(ncn2C)n(C)c1=O.O=C(O)c1cccc(O)c1. The summed E-state index contributed by atoms with van der Waals surface area (Å²) in [6.07, 6.45) is 1.52. The molecule has 0 unspecified atom stereocenters. The van der Waals surface area contributed by atoms with Gasteiger partial charge in [0, 0.05) is 21.1 Å². The maximum absolute atomic E-state index is 11.7. The van der Waals surface area contributed by atoms with Crippen LogP contribution >= 0.6 is 0 Å². The Kier molecular flexibility index (Phi) is 4.54. The number of aromatic nitrogens is 4. The molecule has 3 aromatic rings. The molecule has 0 aliphatic carbocycles. The van der Waals surface area contributed by atoms with Gasteiger partial charge in [-0.15, -0.1) is 0 Å². The van der Waals surface area contributed by atoms with Gasteiger partial charge in [-0.1, -0.05) is 6.07 Å². The van der Waals surface area contributed by atoms with E-state index in [0.717, 1.165) is 4.57 Å². The molecule has 1 aromatic carbocycles. The first-order valence-electron chi connectivity index (χ1n) is 6.83. The summed E-state index contributed by atoms with van der Waals surface area (Å²) < 4.78 is 4.04. The van der Waals surface area contributed by atoms with Gasteiger partial charge in [-0.05, 0) is 18.2 Å².